The minimum absolute atomic E-state index is 0.0597. The Bertz CT molecular complexity index is 437. The average molecular weight is 202 g/mol. The summed E-state index contributed by atoms with van der Waals surface area (Å²) in [6.07, 6.45) is 3.16. The van der Waals surface area contributed by atoms with Gasteiger partial charge in [0.2, 0.25) is 0 Å². The molecule has 1 aromatic heterocycles. The van der Waals surface area contributed by atoms with Gasteiger partial charge in [0.1, 0.15) is 5.75 Å². The number of hydrogen-bond donors (Lipinski definition) is 2. The van der Waals surface area contributed by atoms with Gasteiger partial charge in [0.05, 0.1) is 6.61 Å². The number of phenolic OH excluding ortho intramolecular Hbond substituents is 1. The number of aromatic nitrogens is 2. The molecule has 15 heavy (non-hydrogen) atoms. The molecule has 0 bridgehead atoms. The van der Waals surface area contributed by atoms with Crippen molar-refractivity contribution >= 4 is 0 Å². The predicted octanol–water partition coefficient (Wildman–Crippen LogP) is 1.34. The van der Waals surface area contributed by atoms with Crippen molar-refractivity contribution in [3.8, 4) is 17.1 Å². The molecule has 0 radical (unpaired) electrons. The first kappa shape index (κ1) is 9.61. The number of nitrogens with zero attached hydrogens (tertiary/aromatic N) is 2. The largest absolute Gasteiger partial charge is 0.508 e. The van der Waals surface area contributed by atoms with Gasteiger partial charge in [-0.15, -0.1) is 0 Å². The van der Waals surface area contributed by atoms with E-state index in [1.54, 1.807) is 36.7 Å². The van der Waals surface area contributed by atoms with E-state index in [2.05, 4.69) is 9.97 Å². The summed E-state index contributed by atoms with van der Waals surface area (Å²) >= 11 is 0. The van der Waals surface area contributed by atoms with Crippen molar-refractivity contribution in [3.05, 3.63) is 42.2 Å². The van der Waals surface area contributed by atoms with Crippen molar-refractivity contribution < 1.29 is 10.2 Å². The molecule has 2 rings (SSSR count). The van der Waals surface area contributed by atoms with Crippen LogP contribution in [0.4, 0.5) is 0 Å². The zero-order chi connectivity index (χ0) is 10.7. The van der Waals surface area contributed by atoms with Crippen LogP contribution < -0.4 is 0 Å². The van der Waals surface area contributed by atoms with Gasteiger partial charge in [-0.2, -0.15) is 0 Å². The summed E-state index contributed by atoms with van der Waals surface area (Å²) in [5, 5.41) is 17.9. The summed E-state index contributed by atoms with van der Waals surface area (Å²) in [5.74, 6) is 0.790. The number of rotatable bonds is 2. The number of benzene rings is 1. The van der Waals surface area contributed by atoms with Crippen LogP contribution in [0.15, 0.2) is 36.7 Å². The van der Waals surface area contributed by atoms with Crippen molar-refractivity contribution in [1.29, 1.82) is 0 Å². The Morgan fingerprint density at radius 2 is 1.60 bits per heavy atom. The van der Waals surface area contributed by atoms with E-state index in [9.17, 15) is 0 Å². The maximum absolute atomic E-state index is 9.11. The van der Waals surface area contributed by atoms with Crippen LogP contribution in [0.5, 0.6) is 5.75 Å². The van der Waals surface area contributed by atoms with Crippen molar-refractivity contribution in [2.45, 2.75) is 6.61 Å². The van der Waals surface area contributed by atoms with Gasteiger partial charge in [0.25, 0.3) is 0 Å². The first-order chi connectivity index (χ1) is 7.29. The molecule has 0 fully saturated rings. The quantitative estimate of drug-likeness (QED) is 0.771. The topological polar surface area (TPSA) is 66.2 Å². The summed E-state index contributed by atoms with van der Waals surface area (Å²) in [6.45, 7) is -0.0597. The van der Waals surface area contributed by atoms with E-state index in [1.165, 1.54) is 0 Å². The Morgan fingerprint density at radius 1 is 1.00 bits per heavy atom. The maximum atomic E-state index is 9.11. The van der Waals surface area contributed by atoms with Crippen LogP contribution in [0, 0.1) is 0 Å². The minimum atomic E-state index is -0.0597. The van der Waals surface area contributed by atoms with Gasteiger partial charge in [-0.25, -0.2) is 9.97 Å². The highest BCUT2D eigenvalue weighted by molar-refractivity contribution is 5.55. The van der Waals surface area contributed by atoms with E-state index >= 15 is 0 Å². The van der Waals surface area contributed by atoms with E-state index < -0.39 is 0 Å². The average Bonchev–Trinajstić information content (AvgIpc) is 2.30. The molecule has 2 N–H and O–H groups in total. The lowest BCUT2D eigenvalue weighted by Crippen LogP contribution is -1.91. The lowest BCUT2D eigenvalue weighted by Gasteiger charge is -2.00. The zero-order valence-corrected chi connectivity index (χ0v) is 7.96. The third-order valence-electron chi connectivity index (χ3n) is 2.01. The molecule has 2 aromatic rings. The Kier molecular flexibility index (Phi) is 2.60. The zero-order valence-electron chi connectivity index (χ0n) is 7.96. The van der Waals surface area contributed by atoms with Gasteiger partial charge in [-0.3, -0.25) is 0 Å². The highest BCUT2D eigenvalue weighted by Gasteiger charge is 2.00. The molecular formula is C11H10N2O2. The minimum Gasteiger partial charge on any atom is -0.508 e. The summed E-state index contributed by atoms with van der Waals surface area (Å²) in [5.41, 5.74) is 1.51. The smallest absolute Gasteiger partial charge is 0.159 e. The third-order valence-corrected chi connectivity index (χ3v) is 2.01. The van der Waals surface area contributed by atoms with Crippen molar-refractivity contribution in [3.63, 3.8) is 0 Å². The molecule has 0 aliphatic rings. The molecule has 4 heteroatoms. The molecule has 1 aromatic carbocycles. The molecule has 76 valence electrons. The first-order valence-electron chi connectivity index (χ1n) is 4.51. The highest BCUT2D eigenvalue weighted by atomic mass is 16.3. The number of aromatic hydroxyl groups is 1. The first-order valence-corrected chi connectivity index (χ1v) is 4.51. The number of aliphatic hydroxyl groups excluding tert-OH is 1. The molecular weight excluding hydrogens is 192 g/mol. The Balaban J connectivity index is 2.33. The Labute approximate surface area is 86.9 Å². The van der Waals surface area contributed by atoms with Crippen LogP contribution in [0.3, 0.4) is 0 Å². The van der Waals surface area contributed by atoms with Gasteiger partial charge >= 0.3 is 0 Å². The van der Waals surface area contributed by atoms with Crippen LogP contribution in [-0.2, 0) is 6.61 Å². The summed E-state index contributed by atoms with van der Waals surface area (Å²) < 4.78 is 0. The molecule has 4 nitrogen and oxygen atoms in total. The molecule has 0 atom stereocenters. The molecule has 0 amide bonds. The normalized spacial score (nSPS) is 10.2. The van der Waals surface area contributed by atoms with Crippen LogP contribution in [0.2, 0.25) is 0 Å². The molecule has 0 saturated heterocycles. The van der Waals surface area contributed by atoms with E-state index in [-0.39, 0.29) is 12.4 Å². The second kappa shape index (κ2) is 4.06. The lowest BCUT2D eigenvalue weighted by atomic mass is 10.2. The van der Waals surface area contributed by atoms with Gasteiger partial charge < -0.3 is 10.2 Å². The number of phenols is 1. The third kappa shape index (κ3) is 2.11. The van der Waals surface area contributed by atoms with Gasteiger partial charge in [0, 0.05) is 23.5 Å². The summed E-state index contributed by atoms with van der Waals surface area (Å²) in [4.78, 5) is 8.19. The molecule has 0 saturated carbocycles. The Morgan fingerprint density at radius 3 is 2.13 bits per heavy atom. The standard InChI is InChI=1S/C11H10N2O2/c14-7-8-5-12-11(13-6-8)9-1-3-10(15)4-2-9/h1-6,14-15H,7H2. The number of aliphatic hydroxyl groups is 1. The van der Waals surface area contributed by atoms with E-state index in [0.29, 0.717) is 11.4 Å². The van der Waals surface area contributed by atoms with Crippen LogP contribution >= 0.6 is 0 Å². The molecule has 0 aliphatic carbocycles. The summed E-state index contributed by atoms with van der Waals surface area (Å²) in [7, 11) is 0. The van der Waals surface area contributed by atoms with E-state index in [4.69, 9.17) is 10.2 Å². The van der Waals surface area contributed by atoms with E-state index in [0.717, 1.165) is 5.56 Å². The number of hydrogen-bond acceptors (Lipinski definition) is 4. The van der Waals surface area contributed by atoms with Crippen LogP contribution in [0.25, 0.3) is 11.4 Å². The highest BCUT2D eigenvalue weighted by Crippen LogP contribution is 2.17. The summed E-state index contributed by atoms with van der Waals surface area (Å²) in [6, 6.07) is 6.64. The van der Waals surface area contributed by atoms with Gasteiger partial charge in [-0.1, -0.05) is 0 Å². The molecule has 0 aliphatic heterocycles. The van der Waals surface area contributed by atoms with Gasteiger partial charge in [-0.05, 0) is 24.3 Å². The molecule has 0 spiro atoms. The Hall–Kier alpha value is -1.94. The SMILES string of the molecule is OCc1cnc(-c2ccc(O)cc2)nc1. The second-order valence-electron chi connectivity index (χ2n) is 3.12. The predicted molar refractivity (Wildman–Crippen MR) is 55.1 cm³/mol. The van der Waals surface area contributed by atoms with Gasteiger partial charge in [0.15, 0.2) is 5.82 Å². The van der Waals surface area contributed by atoms with Crippen molar-refractivity contribution in [1.82, 2.24) is 9.97 Å². The fourth-order valence-electron chi connectivity index (χ4n) is 1.20. The van der Waals surface area contributed by atoms with Crippen LogP contribution in [-0.4, -0.2) is 20.2 Å². The van der Waals surface area contributed by atoms with Crippen LogP contribution in [0.1, 0.15) is 5.56 Å². The maximum Gasteiger partial charge on any atom is 0.159 e. The lowest BCUT2D eigenvalue weighted by molar-refractivity contribution is 0.281. The second-order valence-corrected chi connectivity index (χ2v) is 3.12. The van der Waals surface area contributed by atoms with E-state index in [1.807, 2.05) is 0 Å². The molecule has 1 heterocycles. The van der Waals surface area contributed by atoms with Crippen molar-refractivity contribution in [2.75, 3.05) is 0 Å². The van der Waals surface area contributed by atoms with Crippen molar-refractivity contribution in [2.24, 2.45) is 0 Å². The monoisotopic (exact) mass is 202 g/mol. The molecule has 0 unspecified atom stereocenters. The fourth-order valence-corrected chi connectivity index (χ4v) is 1.20. The fraction of sp³-hybridized carbons (Fsp3) is 0.0909.